The van der Waals surface area contributed by atoms with Crippen LogP contribution in [0, 0.1) is 0 Å². The van der Waals surface area contributed by atoms with Gasteiger partial charge in [-0.2, -0.15) is 5.10 Å². The predicted molar refractivity (Wildman–Crippen MR) is 51.1 cm³/mol. The lowest BCUT2D eigenvalue weighted by molar-refractivity contribution is 0.668. The number of pyridine rings is 1. The number of nitrogens with zero attached hydrogens (tertiary/aromatic N) is 3. The Bertz CT molecular complexity index is 380. The van der Waals surface area contributed by atoms with Crippen molar-refractivity contribution in [2.24, 2.45) is 5.73 Å². The van der Waals surface area contributed by atoms with Crippen molar-refractivity contribution in [3.63, 3.8) is 0 Å². The quantitative estimate of drug-likeness (QED) is 0.740. The Labute approximate surface area is 76.4 Å². The van der Waals surface area contributed by atoms with Crippen molar-refractivity contribution in [2.75, 3.05) is 0 Å². The Balaban J connectivity index is 2.74. The summed E-state index contributed by atoms with van der Waals surface area (Å²) >= 11 is 0. The van der Waals surface area contributed by atoms with E-state index in [0.717, 1.165) is 23.3 Å². The second-order valence-electron chi connectivity index (χ2n) is 2.84. The van der Waals surface area contributed by atoms with E-state index in [1.165, 1.54) is 0 Å². The van der Waals surface area contributed by atoms with Gasteiger partial charge in [0.15, 0.2) is 0 Å². The highest BCUT2D eigenvalue weighted by atomic mass is 15.3. The lowest BCUT2D eigenvalue weighted by Crippen LogP contribution is -2.00. The highest BCUT2D eigenvalue weighted by Crippen LogP contribution is 2.14. The Kier molecular flexibility index (Phi) is 1.98. The molecule has 0 atom stereocenters. The summed E-state index contributed by atoms with van der Waals surface area (Å²) in [6.07, 6.45) is 1.77. The van der Waals surface area contributed by atoms with E-state index in [9.17, 15) is 0 Å². The molecule has 2 N–H and O–H groups in total. The molecular weight excluding hydrogens is 164 g/mol. The molecule has 0 fully saturated rings. The van der Waals surface area contributed by atoms with Crippen LogP contribution in [0.2, 0.25) is 0 Å². The summed E-state index contributed by atoms with van der Waals surface area (Å²) in [5.74, 6) is 0. The molecule has 0 amide bonds. The van der Waals surface area contributed by atoms with E-state index in [1.807, 2.05) is 16.8 Å². The van der Waals surface area contributed by atoms with Crippen LogP contribution in [0.15, 0.2) is 18.3 Å². The molecule has 13 heavy (non-hydrogen) atoms. The fraction of sp³-hybridized carbons (Fsp3) is 0.333. The summed E-state index contributed by atoms with van der Waals surface area (Å²) < 4.78 is 1.92. The van der Waals surface area contributed by atoms with Crippen LogP contribution in [-0.4, -0.2) is 14.8 Å². The average molecular weight is 176 g/mol. The second-order valence-corrected chi connectivity index (χ2v) is 2.84. The van der Waals surface area contributed by atoms with Crippen LogP contribution in [0.1, 0.15) is 12.6 Å². The molecule has 2 heterocycles. The van der Waals surface area contributed by atoms with Gasteiger partial charge in [-0.25, -0.2) is 0 Å². The number of rotatable bonds is 2. The average Bonchev–Trinajstić information content (AvgIpc) is 2.56. The second kappa shape index (κ2) is 3.14. The zero-order chi connectivity index (χ0) is 9.26. The van der Waals surface area contributed by atoms with Crippen molar-refractivity contribution in [3.8, 4) is 0 Å². The molecule has 0 aliphatic carbocycles. The van der Waals surface area contributed by atoms with Crippen molar-refractivity contribution in [2.45, 2.75) is 20.0 Å². The molecule has 0 saturated carbocycles. The van der Waals surface area contributed by atoms with Crippen LogP contribution < -0.4 is 5.73 Å². The summed E-state index contributed by atoms with van der Waals surface area (Å²) in [7, 11) is 0. The maximum Gasteiger partial charge on any atom is 0.113 e. The number of hydrogen-bond donors (Lipinski definition) is 1. The minimum absolute atomic E-state index is 0.445. The highest BCUT2D eigenvalue weighted by Gasteiger charge is 2.07. The van der Waals surface area contributed by atoms with E-state index in [2.05, 4.69) is 17.0 Å². The third-order valence-corrected chi connectivity index (χ3v) is 2.07. The lowest BCUT2D eigenvalue weighted by atomic mass is 10.3. The van der Waals surface area contributed by atoms with Gasteiger partial charge in [-0.1, -0.05) is 0 Å². The number of aryl methyl sites for hydroxylation is 1. The van der Waals surface area contributed by atoms with Gasteiger partial charge in [0.2, 0.25) is 0 Å². The molecule has 2 aromatic rings. The van der Waals surface area contributed by atoms with E-state index in [0.29, 0.717) is 6.54 Å². The largest absolute Gasteiger partial charge is 0.325 e. The van der Waals surface area contributed by atoms with Gasteiger partial charge in [0.05, 0.1) is 5.52 Å². The van der Waals surface area contributed by atoms with Gasteiger partial charge in [0.1, 0.15) is 11.2 Å². The first-order chi connectivity index (χ1) is 6.36. The maximum atomic E-state index is 5.57. The van der Waals surface area contributed by atoms with Crippen molar-refractivity contribution < 1.29 is 0 Å². The fourth-order valence-electron chi connectivity index (χ4n) is 1.45. The molecule has 0 aliphatic rings. The van der Waals surface area contributed by atoms with Gasteiger partial charge >= 0.3 is 0 Å². The molecule has 2 aromatic heterocycles. The molecule has 0 aliphatic heterocycles. The topological polar surface area (TPSA) is 56.7 Å². The van der Waals surface area contributed by atoms with Crippen molar-refractivity contribution in [3.05, 3.63) is 24.0 Å². The molecule has 0 radical (unpaired) electrons. The normalized spacial score (nSPS) is 10.9. The van der Waals surface area contributed by atoms with Crippen LogP contribution in [0.3, 0.4) is 0 Å². The maximum absolute atomic E-state index is 5.57. The molecule has 4 heteroatoms. The standard InChI is InChI=1S/C9H12N4/c1-2-13-8-4-3-5-11-9(8)7(6-10)12-13/h3-5H,2,6,10H2,1H3. The van der Waals surface area contributed by atoms with Crippen molar-refractivity contribution >= 4 is 11.0 Å². The molecule has 0 unspecified atom stereocenters. The summed E-state index contributed by atoms with van der Waals surface area (Å²) in [6.45, 7) is 3.35. The van der Waals surface area contributed by atoms with Crippen LogP contribution in [0.5, 0.6) is 0 Å². The van der Waals surface area contributed by atoms with E-state index < -0.39 is 0 Å². The monoisotopic (exact) mass is 176 g/mol. The summed E-state index contributed by atoms with van der Waals surface area (Å²) in [5.41, 5.74) is 8.42. The van der Waals surface area contributed by atoms with Crippen LogP contribution in [0.25, 0.3) is 11.0 Å². The zero-order valence-corrected chi connectivity index (χ0v) is 7.57. The number of aromatic nitrogens is 3. The van der Waals surface area contributed by atoms with Gasteiger partial charge < -0.3 is 5.73 Å². The van der Waals surface area contributed by atoms with E-state index >= 15 is 0 Å². The minimum atomic E-state index is 0.445. The van der Waals surface area contributed by atoms with Gasteiger partial charge in [0.25, 0.3) is 0 Å². The Hall–Kier alpha value is -1.42. The molecule has 0 bridgehead atoms. The Morgan fingerprint density at radius 2 is 2.38 bits per heavy atom. The first-order valence-electron chi connectivity index (χ1n) is 4.37. The van der Waals surface area contributed by atoms with E-state index in [1.54, 1.807) is 6.20 Å². The molecular formula is C9H12N4. The minimum Gasteiger partial charge on any atom is -0.325 e. The predicted octanol–water partition coefficient (Wildman–Crippen LogP) is 0.910. The molecule has 0 aromatic carbocycles. The van der Waals surface area contributed by atoms with Crippen LogP contribution in [-0.2, 0) is 13.1 Å². The van der Waals surface area contributed by atoms with Gasteiger partial charge in [0, 0.05) is 19.3 Å². The van der Waals surface area contributed by atoms with Gasteiger partial charge in [-0.05, 0) is 19.1 Å². The fourth-order valence-corrected chi connectivity index (χ4v) is 1.45. The molecule has 0 spiro atoms. The Morgan fingerprint density at radius 3 is 3.08 bits per heavy atom. The van der Waals surface area contributed by atoms with Gasteiger partial charge in [-0.15, -0.1) is 0 Å². The summed E-state index contributed by atoms with van der Waals surface area (Å²) in [4.78, 5) is 4.26. The van der Waals surface area contributed by atoms with Crippen molar-refractivity contribution in [1.29, 1.82) is 0 Å². The highest BCUT2D eigenvalue weighted by molar-refractivity contribution is 5.77. The first-order valence-corrected chi connectivity index (χ1v) is 4.37. The number of hydrogen-bond acceptors (Lipinski definition) is 3. The third-order valence-electron chi connectivity index (χ3n) is 2.07. The van der Waals surface area contributed by atoms with Crippen LogP contribution in [0.4, 0.5) is 0 Å². The van der Waals surface area contributed by atoms with E-state index in [4.69, 9.17) is 5.73 Å². The number of fused-ring (bicyclic) bond motifs is 1. The lowest BCUT2D eigenvalue weighted by Gasteiger charge is -1.95. The smallest absolute Gasteiger partial charge is 0.113 e. The Morgan fingerprint density at radius 1 is 1.54 bits per heavy atom. The molecule has 0 saturated heterocycles. The summed E-state index contributed by atoms with van der Waals surface area (Å²) in [6, 6.07) is 3.93. The first kappa shape index (κ1) is 8.19. The molecule has 68 valence electrons. The van der Waals surface area contributed by atoms with E-state index in [-0.39, 0.29) is 0 Å². The van der Waals surface area contributed by atoms with Gasteiger partial charge in [-0.3, -0.25) is 9.67 Å². The molecule has 4 nitrogen and oxygen atoms in total. The van der Waals surface area contributed by atoms with Crippen molar-refractivity contribution in [1.82, 2.24) is 14.8 Å². The number of nitrogens with two attached hydrogens (primary N) is 1. The third kappa shape index (κ3) is 1.19. The summed E-state index contributed by atoms with van der Waals surface area (Å²) in [5, 5.41) is 4.36. The zero-order valence-electron chi connectivity index (χ0n) is 7.57. The van der Waals surface area contributed by atoms with Crippen LogP contribution >= 0.6 is 0 Å². The molecule has 2 rings (SSSR count). The SMILES string of the molecule is CCn1nc(CN)c2ncccc21.